The van der Waals surface area contributed by atoms with Gasteiger partial charge >= 0.3 is 0 Å². The van der Waals surface area contributed by atoms with Crippen molar-refractivity contribution in [1.29, 1.82) is 0 Å². The molecule has 0 aliphatic rings. The van der Waals surface area contributed by atoms with Gasteiger partial charge in [-0.2, -0.15) is 0 Å². The van der Waals surface area contributed by atoms with Gasteiger partial charge in [-0.05, 0) is 126 Å². The molecule has 0 fully saturated rings. The number of benzene rings is 4. The van der Waals surface area contributed by atoms with E-state index in [-0.39, 0.29) is 82.7 Å². The van der Waals surface area contributed by atoms with E-state index in [9.17, 15) is 20.4 Å². The molecule has 0 aliphatic heterocycles. The van der Waals surface area contributed by atoms with Crippen LogP contribution < -0.4 is 22.9 Å². The molecule has 0 heterocycles. The van der Waals surface area contributed by atoms with E-state index >= 15 is 0 Å². The number of phenols is 4. The zero-order chi connectivity index (χ0) is 43.0. The van der Waals surface area contributed by atoms with E-state index in [0.717, 1.165) is 73.2 Å². The minimum absolute atomic E-state index is 0.177. The third-order valence-corrected chi connectivity index (χ3v) is 11.6. The molecule has 12 N–H and O–H groups in total. The van der Waals surface area contributed by atoms with Gasteiger partial charge in [-0.1, -0.05) is 114 Å². The minimum Gasteiger partial charge on any atom is -0.508 e. The molecule has 0 aromatic heterocycles. The number of phenolic OH excluding ortho intramolecular Hbond substituents is 4. The molecule has 0 bridgehead atoms. The van der Waals surface area contributed by atoms with Gasteiger partial charge in [-0.25, -0.2) is 0 Å². The Hall–Kier alpha value is -4.08. The highest BCUT2D eigenvalue weighted by Gasteiger charge is 2.31. The average molecular weight is 781 g/mol. The van der Waals surface area contributed by atoms with Crippen LogP contribution in [-0.4, -0.2) is 20.4 Å². The molecule has 0 aliphatic carbocycles. The predicted octanol–water partition coefficient (Wildman–Crippen LogP) is 9.67. The van der Waals surface area contributed by atoms with Crippen LogP contribution in [0.25, 0.3) is 0 Å². The number of rotatable bonds is 12. The van der Waals surface area contributed by atoms with Crippen LogP contribution in [-0.2, 0) is 47.8 Å². The molecule has 0 amide bonds. The summed E-state index contributed by atoms with van der Waals surface area (Å²) in [6.07, 6.45) is 2.14. The molecule has 0 spiro atoms. The summed E-state index contributed by atoms with van der Waals surface area (Å²) in [5.74, 6) is 0.529. The van der Waals surface area contributed by atoms with Crippen LogP contribution in [0.3, 0.4) is 0 Å². The van der Waals surface area contributed by atoms with E-state index in [1.54, 1.807) is 0 Å². The van der Waals surface area contributed by atoms with Gasteiger partial charge in [0.15, 0.2) is 0 Å². The van der Waals surface area contributed by atoms with Crippen molar-refractivity contribution in [1.82, 2.24) is 0 Å². The summed E-state index contributed by atoms with van der Waals surface area (Å²) in [5.41, 5.74) is 35.4. The molecule has 0 saturated carbocycles. The second-order valence-electron chi connectivity index (χ2n) is 20.1. The quantitative estimate of drug-likeness (QED) is 0.0698. The molecular weight excluding hydrogens is 709 g/mol. The minimum atomic E-state index is -0.339. The standard InChI is InChI=1S/C49H72N4O4/c1-46(2,3)38-20-34(28(24-50)16-42(38)54)32(35-21-39(47(4,5)6)43(55)17-29(35)25-51)14-13-15-33(36-22-40(48(7,8)9)44(56)18-30(36)26-52)37-23-41(49(10,11)12)45(57)19-31(37)27-53/h16-23,32-33,54-57H,13-15,24-27,50-53H2,1-12H3. The average Bonchev–Trinajstić information content (AvgIpc) is 3.09. The van der Waals surface area contributed by atoms with Crippen LogP contribution in [0.5, 0.6) is 23.0 Å². The Morgan fingerprint density at radius 1 is 0.368 bits per heavy atom. The van der Waals surface area contributed by atoms with Crippen molar-refractivity contribution in [3.8, 4) is 23.0 Å². The first-order valence-corrected chi connectivity index (χ1v) is 20.5. The van der Waals surface area contributed by atoms with Crippen molar-refractivity contribution < 1.29 is 20.4 Å². The highest BCUT2D eigenvalue weighted by Crippen LogP contribution is 2.46. The molecule has 8 heteroatoms. The highest BCUT2D eigenvalue weighted by atomic mass is 16.3. The molecule has 0 atom stereocenters. The van der Waals surface area contributed by atoms with Crippen molar-refractivity contribution in [2.24, 2.45) is 22.9 Å². The smallest absolute Gasteiger partial charge is 0.119 e. The van der Waals surface area contributed by atoms with E-state index in [4.69, 9.17) is 22.9 Å². The number of aromatic hydroxyl groups is 4. The molecule has 4 aromatic carbocycles. The summed E-state index contributed by atoms with van der Waals surface area (Å²) < 4.78 is 0. The highest BCUT2D eigenvalue weighted by molar-refractivity contribution is 5.55. The Balaban J connectivity index is 2.03. The van der Waals surface area contributed by atoms with Gasteiger partial charge in [0.05, 0.1) is 0 Å². The summed E-state index contributed by atoms with van der Waals surface area (Å²) in [6, 6.07) is 15.7. The Kier molecular flexibility index (Phi) is 13.6. The third kappa shape index (κ3) is 9.97. The zero-order valence-corrected chi connectivity index (χ0v) is 36.8. The second kappa shape index (κ2) is 17.0. The van der Waals surface area contributed by atoms with Gasteiger partial charge in [-0.15, -0.1) is 0 Å². The lowest BCUT2D eigenvalue weighted by molar-refractivity contribution is 0.443. The molecule has 0 unspecified atom stereocenters. The monoisotopic (exact) mass is 781 g/mol. The van der Waals surface area contributed by atoms with Crippen molar-refractivity contribution in [3.05, 3.63) is 115 Å². The fourth-order valence-corrected chi connectivity index (χ4v) is 8.48. The summed E-state index contributed by atoms with van der Waals surface area (Å²) in [6.45, 7) is 26.0. The third-order valence-electron chi connectivity index (χ3n) is 11.6. The molecule has 8 nitrogen and oxygen atoms in total. The van der Waals surface area contributed by atoms with Crippen LogP contribution in [0.15, 0.2) is 48.5 Å². The number of nitrogens with two attached hydrogens (primary N) is 4. The topological polar surface area (TPSA) is 185 Å². The molecule has 312 valence electrons. The van der Waals surface area contributed by atoms with Crippen LogP contribution in [0.4, 0.5) is 0 Å². The van der Waals surface area contributed by atoms with Gasteiger partial charge in [-0.3, -0.25) is 0 Å². The van der Waals surface area contributed by atoms with E-state index in [1.807, 2.05) is 24.3 Å². The van der Waals surface area contributed by atoms with E-state index < -0.39 is 0 Å². The summed E-state index contributed by atoms with van der Waals surface area (Å²) in [7, 11) is 0. The van der Waals surface area contributed by atoms with Gasteiger partial charge in [0, 0.05) is 38.0 Å². The fraction of sp³-hybridized carbons (Fsp3) is 0.510. The fourth-order valence-electron chi connectivity index (χ4n) is 8.48. The van der Waals surface area contributed by atoms with Crippen molar-refractivity contribution in [2.45, 2.75) is 162 Å². The lowest BCUT2D eigenvalue weighted by atomic mass is 9.74. The Bertz CT molecular complexity index is 1770. The maximum absolute atomic E-state index is 11.3. The second-order valence-corrected chi connectivity index (χ2v) is 20.1. The molecule has 0 saturated heterocycles. The number of hydrogen-bond donors (Lipinski definition) is 8. The maximum atomic E-state index is 11.3. The first kappa shape index (κ1) is 45.6. The number of hydrogen-bond acceptors (Lipinski definition) is 8. The van der Waals surface area contributed by atoms with Gasteiger partial charge < -0.3 is 43.4 Å². The van der Waals surface area contributed by atoms with Crippen LogP contribution >= 0.6 is 0 Å². The lowest BCUT2D eigenvalue weighted by Crippen LogP contribution is -2.19. The maximum Gasteiger partial charge on any atom is 0.119 e. The predicted molar refractivity (Wildman–Crippen MR) is 236 cm³/mol. The Morgan fingerprint density at radius 2 is 0.561 bits per heavy atom. The Morgan fingerprint density at radius 3 is 0.719 bits per heavy atom. The zero-order valence-electron chi connectivity index (χ0n) is 36.8. The first-order valence-electron chi connectivity index (χ1n) is 20.5. The van der Waals surface area contributed by atoms with E-state index in [0.29, 0.717) is 12.8 Å². The van der Waals surface area contributed by atoms with Crippen molar-refractivity contribution in [2.75, 3.05) is 0 Å². The SMILES string of the molecule is CC(C)(C)c1cc(C(CCCC(c2cc(C(C)(C)C)c(O)cc2CN)c2cc(C(C)(C)C)c(O)cc2CN)c2cc(C(C)(C)C)c(O)cc2CN)c(CN)cc1O. The van der Waals surface area contributed by atoms with Gasteiger partial charge in [0.2, 0.25) is 0 Å². The van der Waals surface area contributed by atoms with E-state index in [1.165, 1.54) is 0 Å². The van der Waals surface area contributed by atoms with Crippen molar-refractivity contribution in [3.63, 3.8) is 0 Å². The van der Waals surface area contributed by atoms with Crippen LogP contribution in [0, 0.1) is 0 Å². The largest absolute Gasteiger partial charge is 0.508 e. The molecule has 57 heavy (non-hydrogen) atoms. The molecule has 0 radical (unpaired) electrons. The molecule has 4 aromatic rings. The van der Waals surface area contributed by atoms with Crippen LogP contribution in [0.1, 0.15) is 181 Å². The van der Waals surface area contributed by atoms with E-state index in [2.05, 4.69) is 107 Å². The van der Waals surface area contributed by atoms with Crippen molar-refractivity contribution >= 4 is 0 Å². The molecule has 4 rings (SSSR count). The lowest BCUT2D eigenvalue weighted by Gasteiger charge is -2.31. The van der Waals surface area contributed by atoms with Crippen LogP contribution in [0.2, 0.25) is 0 Å². The Labute approximate surface area is 342 Å². The molecular formula is C49H72N4O4. The first-order chi connectivity index (χ1) is 26.3. The summed E-state index contributed by atoms with van der Waals surface area (Å²) in [4.78, 5) is 0. The normalized spacial score (nSPS) is 12.9. The van der Waals surface area contributed by atoms with Gasteiger partial charge in [0.25, 0.3) is 0 Å². The summed E-state index contributed by atoms with van der Waals surface area (Å²) in [5, 5.41) is 45.0. The summed E-state index contributed by atoms with van der Waals surface area (Å²) >= 11 is 0. The van der Waals surface area contributed by atoms with Gasteiger partial charge in [0.1, 0.15) is 23.0 Å².